The second-order valence-corrected chi connectivity index (χ2v) is 0.519. The Labute approximate surface area is 37.2 Å². The van der Waals surface area contributed by atoms with E-state index in [1.807, 2.05) is 13.8 Å². The molecule has 40 valence electrons. The Morgan fingerprint density at radius 1 is 1.17 bits per heavy atom. The predicted molar refractivity (Wildman–Crippen MR) is 23.0 cm³/mol. The highest BCUT2D eigenvalue weighted by Crippen LogP contribution is 1.82. The second kappa shape index (κ2) is 8.85. The third-order valence-electron chi connectivity index (χ3n) is 0. The first kappa shape index (κ1) is 9.29. The summed E-state index contributed by atoms with van der Waals surface area (Å²) in [5, 5.41) is 0. The molecule has 0 atom stereocenters. The highest BCUT2D eigenvalue weighted by atomic mass is 19.3. The van der Waals surface area contributed by atoms with Gasteiger partial charge in [-0.05, 0) is 6.92 Å². The fourth-order valence-electron chi connectivity index (χ4n) is 0. The van der Waals surface area contributed by atoms with E-state index in [2.05, 4.69) is 0 Å². The van der Waals surface area contributed by atoms with Crippen LogP contribution in [0.1, 0.15) is 20.8 Å². The van der Waals surface area contributed by atoms with Gasteiger partial charge in [-0.1, -0.05) is 13.8 Å². The lowest BCUT2D eigenvalue weighted by molar-refractivity contribution is 0.171. The standard InChI is InChI=1S/C2H4F2.C2H6/c1-2(3)4;1-2/h2H,1H3;1-2H3. The fraction of sp³-hybridized carbons (Fsp3) is 1.00. The average molecular weight is 96.1 g/mol. The van der Waals surface area contributed by atoms with Gasteiger partial charge in [0.05, 0.1) is 0 Å². The van der Waals surface area contributed by atoms with Crippen LogP contribution in [-0.2, 0) is 0 Å². The number of halogens is 2. The van der Waals surface area contributed by atoms with Crippen LogP contribution in [0, 0.1) is 0 Å². The van der Waals surface area contributed by atoms with Gasteiger partial charge in [-0.15, -0.1) is 0 Å². The summed E-state index contributed by atoms with van der Waals surface area (Å²) in [5.41, 5.74) is 0. The van der Waals surface area contributed by atoms with Crippen LogP contribution >= 0.6 is 0 Å². The summed E-state index contributed by atoms with van der Waals surface area (Å²) in [7, 11) is 0. The van der Waals surface area contributed by atoms with E-state index in [1.54, 1.807) is 0 Å². The molecule has 0 radical (unpaired) electrons. The Hall–Kier alpha value is -0.140. The summed E-state index contributed by atoms with van der Waals surface area (Å²) < 4.78 is 20.7. The highest BCUT2D eigenvalue weighted by molar-refractivity contribution is 4.06. The van der Waals surface area contributed by atoms with E-state index >= 15 is 0 Å². The Bertz CT molecular complexity index is 10.3. The highest BCUT2D eigenvalue weighted by Gasteiger charge is 1.79. The molecule has 0 fully saturated rings. The van der Waals surface area contributed by atoms with Crippen LogP contribution in [0.3, 0.4) is 0 Å². The van der Waals surface area contributed by atoms with Crippen molar-refractivity contribution < 1.29 is 8.78 Å². The zero-order chi connectivity index (χ0) is 5.58. The molecule has 0 saturated heterocycles. The molecule has 0 aliphatic heterocycles. The summed E-state index contributed by atoms with van der Waals surface area (Å²) >= 11 is 0. The monoisotopic (exact) mass is 96.1 g/mol. The summed E-state index contributed by atoms with van der Waals surface area (Å²) in [6.07, 6.45) is -2.17. The molecule has 2 heteroatoms. The average Bonchev–Trinajstić information content (AvgIpc) is 1.41. The van der Waals surface area contributed by atoms with Crippen molar-refractivity contribution in [2.24, 2.45) is 0 Å². The third kappa shape index (κ3) is 1610. The third-order valence-corrected chi connectivity index (χ3v) is 0. The normalized spacial score (nSPS) is 7.00. The van der Waals surface area contributed by atoms with Crippen LogP contribution in [-0.4, -0.2) is 6.43 Å². The quantitative estimate of drug-likeness (QED) is 0.434. The van der Waals surface area contributed by atoms with Gasteiger partial charge in [0.1, 0.15) is 0 Å². The van der Waals surface area contributed by atoms with Gasteiger partial charge in [0.2, 0.25) is 6.43 Å². The molecule has 0 aromatic rings. The summed E-state index contributed by atoms with van der Waals surface area (Å²) in [6, 6.07) is 0. The fourth-order valence-corrected chi connectivity index (χ4v) is 0. The number of hydrogen-bond acceptors (Lipinski definition) is 0. The molecule has 0 aliphatic carbocycles. The van der Waals surface area contributed by atoms with E-state index in [9.17, 15) is 8.78 Å². The minimum atomic E-state index is -2.17. The number of alkyl halides is 2. The largest absolute Gasteiger partial charge is 0.235 e. The first-order valence-corrected chi connectivity index (χ1v) is 2.01. The SMILES string of the molecule is CC.CC(F)F. The molecule has 0 N–H and O–H groups in total. The van der Waals surface area contributed by atoms with Crippen molar-refractivity contribution in [1.29, 1.82) is 0 Å². The Kier molecular flexibility index (Phi) is 13.7. The van der Waals surface area contributed by atoms with Crippen molar-refractivity contribution in [1.82, 2.24) is 0 Å². The zero-order valence-corrected chi connectivity index (χ0v) is 4.33. The van der Waals surface area contributed by atoms with Crippen molar-refractivity contribution >= 4 is 0 Å². The van der Waals surface area contributed by atoms with E-state index < -0.39 is 6.43 Å². The Morgan fingerprint density at radius 2 is 1.17 bits per heavy atom. The summed E-state index contributed by atoms with van der Waals surface area (Å²) in [4.78, 5) is 0. The molecule has 0 saturated carbocycles. The van der Waals surface area contributed by atoms with E-state index in [0.717, 1.165) is 6.92 Å². The van der Waals surface area contributed by atoms with Crippen molar-refractivity contribution in [2.75, 3.05) is 0 Å². The molecule has 6 heavy (non-hydrogen) atoms. The van der Waals surface area contributed by atoms with Crippen molar-refractivity contribution in [3.8, 4) is 0 Å². The van der Waals surface area contributed by atoms with Crippen LogP contribution in [0.5, 0.6) is 0 Å². The molecule has 0 amide bonds. The minimum Gasteiger partial charge on any atom is -0.211 e. The van der Waals surface area contributed by atoms with Crippen LogP contribution in [0.25, 0.3) is 0 Å². The van der Waals surface area contributed by atoms with Gasteiger partial charge >= 0.3 is 0 Å². The van der Waals surface area contributed by atoms with E-state index in [-0.39, 0.29) is 0 Å². The number of hydrogen-bond donors (Lipinski definition) is 0. The first-order valence-electron chi connectivity index (χ1n) is 2.01. The molecule has 0 aromatic carbocycles. The van der Waals surface area contributed by atoms with Gasteiger partial charge in [0, 0.05) is 0 Å². The van der Waals surface area contributed by atoms with Crippen LogP contribution < -0.4 is 0 Å². The Morgan fingerprint density at radius 3 is 1.17 bits per heavy atom. The molecule has 0 unspecified atom stereocenters. The maximum atomic E-state index is 10.3. The lowest BCUT2D eigenvalue weighted by Gasteiger charge is -1.70. The maximum absolute atomic E-state index is 10.3. The van der Waals surface area contributed by atoms with Crippen molar-refractivity contribution in [3.05, 3.63) is 0 Å². The van der Waals surface area contributed by atoms with Gasteiger partial charge in [-0.2, -0.15) is 0 Å². The van der Waals surface area contributed by atoms with E-state index in [1.165, 1.54) is 0 Å². The smallest absolute Gasteiger partial charge is 0.211 e. The molecular formula is C4H10F2. The molecule has 0 nitrogen and oxygen atoms in total. The van der Waals surface area contributed by atoms with Gasteiger partial charge in [-0.25, -0.2) is 8.78 Å². The number of rotatable bonds is 0. The van der Waals surface area contributed by atoms with Gasteiger partial charge in [0.15, 0.2) is 0 Å². The molecular weight excluding hydrogens is 86.0 g/mol. The molecule has 0 aliphatic rings. The van der Waals surface area contributed by atoms with Crippen molar-refractivity contribution in [2.45, 2.75) is 27.2 Å². The zero-order valence-electron chi connectivity index (χ0n) is 4.33. The van der Waals surface area contributed by atoms with Crippen molar-refractivity contribution in [3.63, 3.8) is 0 Å². The predicted octanol–water partition coefficient (Wildman–Crippen LogP) is 2.30. The van der Waals surface area contributed by atoms with Gasteiger partial charge < -0.3 is 0 Å². The molecule has 0 aromatic heterocycles. The summed E-state index contributed by atoms with van der Waals surface area (Å²) in [5.74, 6) is 0. The molecule has 0 bridgehead atoms. The molecule has 0 spiro atoms. The Balaban J connectivity index is 0. The van der Waals surface area contributed by atoms with Crippen LogP contribution in [0.4, 0.5) is 8.78 Å². The molecule has 0 rings (SSSR count). The van der Waals surface area contributed by atoms with Gasteiger partial charge in [0.25, 0.3) is 0 Å². The van der Waals surface area contributed by atoms with E-state index in [0.29, 0.717) is 0 Å². The van der Waals surface area contributed by atoms with E-state index in [4.69, 9.17) is 0 Å². The second-order valence-electron chi connectivity index (χ2n) is 0.519. The lowest BCUT2D eigenvalue weighted by Crippen LogP contribution is -1.69. The first-order chi connectivity index (χ1) is 2.73. The summed E-state index contributed by atoms with van der Waals surface area (Å²) in [6.45, 7) is 4.83. The topological polar surface area (TPSA) is 0 Å². The maximum Gasteiger partial charge on any atom is 0.235 e. The van der Waals surface area contributed by atoms with Crippen LogP contribution in [0.15, 0.2) is 0 Å². The van der Waals surface area contributed by atoms with Crippen LogP contribution in [0.2, 0.25) is 0 Å². The lowest BCUT2D eigenvalue weighted by atomic mass is 10.9. The minimum absolute atomic E-state index is 0.833. The molecule has 0 heterocycles. The van der Waals surface area contributed by atoms with Gasteiger partial charge in [-0.3, -0.25) is 0 Å².